The lowest BCUT2D eigenvalue weighted by atomic mass is 10.0. The Morgan fingerprint density at radius 3 is 2.38 bits per heavy atom. The molecule has 1 rings (SSSR count). The normalized spacial score (nSPS) is 11.9. The lowest BCUT2D eigenvalue weighted by molar-refractivity contribution is -0.119. The van der Waals surface area contributed by atoms with Crippen LogP contribution < -0.4 is 5.32 Å². The Bertz CT molecular complexity index is 389. The van der Waals surface area contributed by atoms with Crippen LogP contribution in [0.3, 0.4) is 0 Å². The SMILES string of the molecule is CC(=O)NC(CO)C(=O)c1ccc(Cl)cc1. The van der Waals surface area contributed by atoms with Crippen molar-refractivity contribution in [2.75, 3.05) is 6.61 Å². The van der Waals surface area contributed by atoms with Crippen molar-refractivity contribution in [3.8, 4) is 0 Å². The standard InChI is InChI=1S/C11H12ClNO3/c1-7(15)13-10(6-14)11(16)8-2-4-9(12)5-3-8/h2-5,10,14H,6H2,1H3,(H,13,15). The van der Waals surface area contributed by atoms with Gasteiger partial charge in [0.05, 0.1) is 6.61 Å². The van der Waals surface area contributed by atoms with Gasteiger partial charge in [-0.25, -0.2) is 0 Å². The quantitative estimate of drug-likeness (QED) is 0.774. The monoisotopic (exact) mass is 241 g/mol. The molecule has 0 saturated carbocycles. The predicted octanol–water partition coefficient (Wildman–Crippen LogP) is 1.02. The first-order valence-electron chi connectivity index (χ1n) is 4.72. The van der Waals surface area contributed by atoms with Crippen LogP contribution >= 0.6 is 11.6 Å². The third-order valence-corrected chi connectivity index (χ3v) is 2.26. The molecule has 4 nitrogen and oxygen atoms in total. The van der Waals surface area contributed by atoms with Crippen LogP contribution in [0.25, 0.3) is 0 Å². The molecule has 0 bridgehead atoms. The summed E-state index contributed by atoms with van der Waals surface area (Å²) in [6.07, 6.45) is 0. The molecule has 1 aromatic rings. The average Bonchev–Trinajstić information content (AvgIpc) is 2.25. The van der Waals surface area contributed by atoms with Gasteiger partial charge >= 0.3 is 0 Å². The molecule has 0 fully saturated rings. The molecule has 1 unspecified atom stereocenters. The number of aliphatic hydroxyl groups is 1. The van der Waals surface area contributed by atoms with Gasteiger partial charge in [0.1, 0.15) is 6.04 Å². The van der Waals surface area contributed by atoms with E-state index in [-0.39, 0.29) is 11.7 Å². The Kier molecular flexibility index (Phi) is 4.46. The number of carbonyl (C=O) groups is 2. The minimum Gasteiger partial charge on any atom is -0.394 e. The summed E-state index contributed by atoms with van der Waals surface area (Å²) < 4.78 is 0. The van der Waals surface area contributed by atoms with Crippen molar-refractivity contribution >= 4 is 23.3 Å². The molecule has 86 valence electrons. The highest BCUT2D eigenvalue weighted by atomic mass is 35.5. The molecule has 0 radical (unpaired) electrons. The fourth-order valence-corrected chi connectivity index (χ4v) is 1.38. The highest BCUT2D eigenvalue weighted by Gasteiger charge is 2.19. The van der Waals surface area contributed by atoms with Crippen molar-refractivity contribution in [3.05, 3.63) is 34.9 Å². The van der Waals surface area contributed by atoms with Crippen molar-refractivity contribution in [2.45, 2.75) is 13.0 Å². The highest BCUT2D eigenvalue weighted by Crippen LogP contribution is 2.11. The molecular formula is C11H12ClNO3. The Labute approximate surface area is 98.2 Å². The molecule has 0 saturated heterocycles. The Balaban J connectivity index is 2.82. The second-order valence-corrected chi connectivity index (χ2v) is 3.74. The maximum absolute atomic E-state index is 11.8. The molecule has 1 amide bonds. The van der Waals surface area contributed by atoms with Gasteiger partial charge in [0.2, 0.25) is 5.91 Å². The topological polar surface area (TPSA) is 66.4 Å². The second kappa shape index (κ2) is 5.63. The molecule has 1 aromatic carbocycles. The van der Waals surface area contributed by atoms with Gasteiger partial charge in [-0.05, 0) is 24.3 Å². The first kappa shape index (κ1) is 12.7. The van der Waals surface area contributed by atoms with E-state index < -0.39 is 12.6 Å². The summed E-state index contributed by atoms with van der Waals surface area (Å²) in [7, 11) is 0. The van der Waals surface area contributed by atoms with E-state index in [1.54, 1.807) is 24.3 Å². The molecule has 0 aromatic heterocycles. The van der Waals surface area contributed by atoms with E-state index >= 15 is 0 Å². The van der Waals surface area contributed by atoms with Crippen LogP contribution in [0.5, 0.6) is 0 Å². The Morgan fingerprint density at radius 1 is 1.38 bits per heavy atom. The van der Waals surface area contributed by atoms with E-state index in [9.17, 15) is 9.59 Å². The first-order chi connectivity index (χ1) is 7.54. The molecule has 2 N–H and O–H groups in total. The zero-order valence-electron chi connectivity index (χ0n) is 8.74. The minimum atomic E-state index is -0.904. The molecule has 0 aliphatic carbocycles. The number of Topliss-reactive ketones (excluding diaryl/α,β-unsaturated/α-hetero) is 1. The maximum Gasteiger partial charge on any atom is 0.217 e. The highest BCUT2D eigenvalue weighted by molar-refractivity contribution is 6.30. The summed E-state index contributed by atoms with van der Waals surface area (Å²) in [5.41, 5.74) is 0.400. The fourth-order valence-electron chi connectivity index (χ4n) is 1.25. The van der Waals surface area contributed by atoms with Gasteiger partial charge in [0.25, 0.3) is 0 Å². The van der Waals surface area contributed by atoms with Crippen molar-refractivity contribution in [2.24, 2.45) is 0 Å². The van der Waals surface area contributed by atoms with E-state index in [0.29, 0.717) is 10.6 Å². The fraction of sp³-hybridized carbons (Fsp3) is 0.273. The molecule has 0 heterocycles. The number of benzene rings is 1. The molecule has 0 aliphatic heterocycles. The number of aliphatic hydroxyl groups excluding tert-OH is 1. The zero-order valence-corrected chi connectivity index (χ0v) is 9.49. The van der Waals surface area contributed by atoms with Crippen molar-refractivity contribution in [1.29, 1.82) is 0 Å². The summed E-state index contributed by atoms with van der Waals surface area (Å²) in [5.74, 6) is -0.698. The number of rotatable bonds is 4. The second-order valence-electron chi connectivity index (χ2n) is 3.31. The third kappa shape index (κ3) is 3.32. The van der Waals surface area contributed by atoms with Crippen LogP contribution in [0.1, 0.15) is 17.3 Å². The molecule has 0 spiro atoms. The van der Waals surface area contributed by atoms with E-state index in [1.807, 2.05) is 0 Å². The number of ketones is 1. The summed E-state index contributed by atoms with van der Waals surface area (Å²) in [6.45, 7) is 0.860. The average molecular weight is 242 g/mol. The largest absolute Gasteiger partial charge is 0.394 e. The van der Waals surface area contributed by atoms with Crippen molar-refractivity contribution in [3.63, 3.8) is 0 Å². The summed E-state index contributed by atoms with van der Waals surface area (Å²) in [4.78, 5) is 22.6. The van der Waals surface area contributed by atoms with Crippen LogP contribution in [0, 0.1) is 0 Å². The Hall–Kier alpha value is -1.39. The van der Waals surface area contributed by atoms with Crippen LogP contribution in [0.2, 0.25) is 5.02 Å². The van der Waals surface area contributed by atoms with Gasteiger partial charge in [0.15, 0.2) is 5.78 Å². The summed E-state index contributed by atoms with van der Waals surface area (Å²) in [6, 6.07) is 5.36. The van der Waals surface area contributed by atoms with Crippen LogP contribution in [0.15, 0.2) is 24.3 Å². The first-order valence-corrected chi connectivity index (χ1v) is 5.10. The third-order valence-electron chi connectivity index (χ3n) is 2.01. The van der Waals surface area contributed by atoms with Crippen LogP contribution in [-0.4, -0.2) is 29.4 Å². The smallest absolute Gasteiger partial charge is 0.217 e. The van der Waals surface area contributed by atoms with E-state index in [2.05, 4.69) is 5.32 Å². The number of hydrogen-bond donors (Lipinski definition) is 2. The van der Waals surface area contributed by atoms with Crippen molar-refractivity contribution in [1.82, 2.24) is 5.32 Å². The molecule has 16 heavy (non-hydrogen) atoms. The summed E-state index contributed by atoms with van der Waals surface area (Å²) in [5, 5.41) is 11.9. The van der Waals surface area contributed by atoms with Gasteiger partial charge in [0, 0.05) is 17.5 Å². The summed E-state index contributed by atoms with van der Waals surface area (Å²) >= 11 is 5.68. The number of carbonyl (C=O) groups excluding carboxylic acids is 2. The number of hydrogen-bond acceptors (Lipinski definition) is 3. The van der Waals surface area contributed by atoms with Crippen LogP contribution in [-0.2, 0) is 4.79 Å². The zero-order chi connectivity index (χ0) is 12.1. The minimum absolute atomic E-state index is 0.339. The lowest BCUT2D eigenvalue weighted by Crippen LogP contribution is -2.42. The van der Waals surface area contributed by atoms with Crippen molar-refractivity contribution < 1.29 is 14.7 Å². The molecule has 0 aliphatic rings. The van der Waals surface area contributed by atoms with Gasteiger partial charge in [-0.3, -0.25) is 9.59 Å². The molecule has 5 heteroatoms. The van der Waals surface area contributed by atoms with E-state index in [1.165, 1.54) is 6.92 Å². The number of halogens is 1. The van der Waals surface area contributed by atoms with E-state index in [0.717, 1.165) is 0 Å². The van der Waals surface area contributed by atoms with Gasteiger partial charge in [-0.1, -0.05) is 11.6 Å². The van der Waals surface area contributed by atoms with E-state index in [4.69, 9.17) is 16.7 Å². The maximum atomic E-state index is 11.8. The molecular weight excluding hydrogens is 230 g/mol. The van der Waals surface area contributed by atoms with Crippen LogP contribution in [0.4, 0.5) is 0 Å². The Morgan fingerprint density at radius 2 is 1.94 bits per heavy atom. The van der Waals surface area contributed by atoms with Gasteiger partial charge in [-0.2, -0.15) is 0 Å². The lowest BCUT2D eigenvalue weighted by Gasteiger charge is -2.13. The number of nitrogens with one attached hydrogen (secondary N) is 1. The number of amides is 1. The van der Waals surface area contributed by atoms with Gasteiger partial charge < -0.3 is 10.4 Å². The van der Waals surface area contributed by atoms with Gasteiger partial charge in [-0.15, -0.1) is 0 Å². The predicted molar refractivity (Wildman–Crippen MR) is 60.5 cm³/mol. The molecule has 1 atom stereocenters.